The molecule has 1 aliphatic rings. The normalized spacial score (nSPS) is 21.6. The molecule has 1 aromatic rings. The molecule has 0 spiro atoms. The van der Waals surface area contributed by atoms with Gasteiger partial charge in [-0.2, -0.15) is 13.2 Å². The first-order valence-electron chi connectivity index (χ1n) is 6.07. The first-order chi connectivity index (χ1) is 8.45. The van der Waals surface area contributed by atoms with Crippen LogP contribution >= 0.6 is 0 Å². The van der Waals surface area contributed by atoms with Gasteiger partial charge in [-0.3, -0.25) is 0 Å². The Morgan fingerprint density at radius 3 is 2.67 bits per heavy atom. The van der Waals surface area contributed by atoms with E-state index in [1.165, 1.54) is 0 Å². The van der Waals surface area contributed by atoms with E-state index in [0.717, 1.165) is 0 Å². The van der Waals surface area contributed by atoms with Crippen LogP contribution in [-0.2, 0) is 0 Å². The second kappa shape index (κ2) is 4.80. The summed E-state index contributed by atoms with van der Waals surface area (Å²) in [6, 6.07) is 6.81. The molecule has 2 N–H and O–H groups in total. The van der Waals surface area contributed by atoms with Crippen molar-refractivity contribution in [3.8, 4) is 0 Å². The summed E-state index contributed by atoms with van der Waals surface area (Å²) in [4.78, 5) is 1.97. The van der Waals surface area contributed by atoms with Gasteiger partial charge in [0.2, 0.25) is 0 Å². The Bertz CT molecular complexity index is 417. The van der Waals surface area contributed by atoms with Crippen LogP contribution in [0.5, 0.6) is 0 Å². The van der Waals surface area contributed by atoms with Crippen LogP contribution in [0, 0.1) is 0 Å². The number of hydrogen-bond donors (Lipinski definition) is 1. The van der Waals surface area contributed by atoms with Gasteiger partial charge in [0.05, 0.1) is 5.92 Å². The van der Waals surface area contributed by atoms with Crippen LogP contribution < -0.4 is 10.6 Å². The molecule has 0 unspecified atom stereocenters. The highest BCUT2D eigenvalue weighted by Crippen LogP contribution is 2.44. The Morgan fingerprint density at radius 2 is 2.06 bits per heavy atom. The van der Waals surface area contributed by atoms with Crippen LogP contribution in [0.4, 0.5) is 18.9 Å². The summed E-state index contributed by atoms with van der Waals surface area (Å²) in [5, 5.41) is 0. The Labute approximate surface area is 105 Å². The number of fused-ring (bicyclic) bond motifs is 1. The number of rotatable bonds is 2. The Kier molecular flexibility index (Phi) is 3.52. The number of alkyl halides is 3. The van der Waals surface area contributed by atoms with Gasteiger partial charge >= 0.3 is 6.18 Å². The van der Waals surface area contributed by atoms with Gasteiger partial charge in [0, 0.05) is 24.8 Å². The van der Waals surface area contributed by atoms with E-state index < -0.39 is 12.1 Å². The second-order valence-electron chi connectivity index (χ2n) is 4.72. The van der Waals surface area contributed by atoms with E-state index in [0.29, 0.717) is 24.3 Å². The molecule has 18 heavy (non-hydrogen) atoms. The van der Waals surface area contributed by atoms with Crippen LogP contribution in [0.15, 0.2) is 24.3 Å². The molecule has 0 fully saturated rings. The zero-order valence-electron chi connectivity index (χ0n) is 10.2. The standard InChI is InChI=1S/C13H17F3N2/c1-9(8-17)18-7-6-11(13(14,15)16)10-4-2-3-5-12(10)18/h2-5,9,11H,6-8,17H2,1H3/t9-,11-/m0/s1. The summed E-state index contributed by atoms with van der Waals surface area (Å²) in [6.45, 7) is 2.77. The van der Waals surface area contributed by atoms with Crippen molar-refractivity contribution in [1.82, 2.24) is 0 Å². The minimum atomic E-state index is -4.17. The molecule has 2 rings (SSSR count). The summed E-state index contributed by atoms with van der Waals surface area (Å²) in [5.74, 6) is -1.35. The van der Waals surface area contributed by atoms with Gasteiger partial charge in [-0.15, -0.1) is 0 Å². The molecule has 0 saturated carbocycles. The lowest BCUT2D eigenvalue weighted by Gasteiger charge is -2.39. The van der Waals surface area contributed by atoms with E-state index in [9.17, 15) is 13.2 Å². The van der Waals surface area contributed by atoms with Gasteiger partial charge in [0.15, 0.2) is 0 Å². The van der Waals surface area contributed by atoms with E-state index in [4.69, 9.17) is 5.73 Å². The quantitative estimate of drug-likeness (QED) is 0.883. The molecule has 2 nitrogen and oxygen atoms in total. The van der Waals surface area contributed by atoms with Crippen LogP contribution in [0.25, 0.3) is 0 Å². The number of halogens is 3. The second-order valence-corrected chi connectivity index (χ2v) is 4.72. The van der Waals surface area contributed by atoms with Crippen molar-refractivity contribution in [3.05, 3.63) is 29.8 Å². The molecule has 0 aromatic heterocycles. The van der Waals surface area contributed by atoms with Crippen LogP contribution in [0.2, 0.25) is 0 Å². The maximum absolute atomic E-state index is 13.0. The predicted octanol–water partition coefficient (Wildman–Crippen LogP) is 2.89. The lowest BCUT2D eigenvalue weighted by molar-refractivity contribution is -0.152. The first kappa shape index (κ1) is 13.2. The minimum absolute atomic E-state index is 0.0559. The summed E-state index contributed by atoms with van der Waals surface area (Å²) >= 11 is 0. The Hall–Kier alpha value is -1.23. The molecule has 2 atom stereocenters. The number of benzene rings is 1. The van der Waals surface area contributed by atoms with Gasteiger partial charge < -0.3 is 10.6 Å². The molecule has 0 aliphatic carbocycles. The van der Waals surface area contributed by atoms with Crippen LogP contribution in [0.3, 0.4) is 0 Å². The van der Waals surface area contributed by atoms with E-state index in [-0.39, 0.29) is 12.5 Å². The topological polar surface area (TPSA) is 29.3 Å². The van der Waals surface area contributed by atoms with E-state index in [2.05, 4.69) is 0 Å². The predicted molar refractivity (Wildman–Crippen MR) is 65.7 cm³/mol. The van der Waals surface area contributed by atoms with E-state index in [1.54, 1.807) is 24.3 Å². The maximum atomic E-state index is 13.0. The third-order valence-electron chi connectivity index (χ3n) is 3.55. The zero-order chi connectivity index (χ0) is 13.3. The van der Waals surface area contributed by atoms with Crippen molar-refractivity contribution in [3.63, 3.8) is 0 Å². The number of nitrogens with two attached hydrogens (primary N) is 1. The van der Waals surface area contributed by atoms with Gasteiger partial charge in [0.25, 0.3) is 0 Å². The monoisotopic (exact) mass is 258 g/mol. The molecule has 0 radical (unpaired) electrons. The third kappa shape index (κ3) is 2.32. The zero-order valence-corrected chi connectivity index (χ0v) is 10.2. The number of anilines is 1. The fourth-order valence-corrected chi connectivity index (χ4v) is 2.51. The lowest BCUT2D eigenvalue weighted by atomic mass is 9.88. The third-order valence-corrected chi connectivity index (χ3v) is 3.55. The van der Waals surface area contributed by atoms with Gasteiger partial charge in [-0.05, 0) is 25.0 Å². The van der Waals surface area contributed by atoms with E-state index >= 15 is 0 Å². The highest BCUT2D eigenvalue weighted by molar-refractivity contribution is 5.58. The molecule has 5 heteroatoms. The summed E-state index contributed by atoms with van der Waals surface area (Å²) in [6.07, 6.45) is -4.07. The smallest absolute Gasteiger partial charge is 0.367 e. The number of hydrogen-bond acceptors (Lipinski definition) is 2. The van der Waals surface area contributed by atoms with Crippen molar-refractivity contribution < 1.29 is 13.2 Å². The highest BCUT2D eigenvalue weighted by atomic mass is 19.4. The van der Waals surface area contributed by atoms with Crippen LogP contribution in [-0.4, -0.2) is 25.3 Å². The molecule has 1 heterocycles. The van der Waals surface area contributed by atoms with Gasteiger partial charge in [-0.1, -0.05) is 18.2 Å². The first-order valence-corrected chi connectivity index (χ1v) is 6.07. The average molecular weight is 258 g/mol. The summed E-state index contributed by atoms with van der Waals surface area (Å²) in [7, 11) is 0. The maximum Gasteiger partial charge on any atom is 0.395 e. The molecular formula is C13H17F3N2. The van der Waals surface area contributed by atoms with Crippen molar-refractivity contribution in [2.45, 2.75) is 31.5 Å². The number of nitrogens with zero attached hydrogens (tertiary/aromatic N) is 1. The van der Waals surface area contributed by atoms with Crippen molar-refractivity contribution >= 4 is 5.69 Å². The molecule has 0 bridgehead atoms. The minimum Gasteiger partial charge on any atom is -0.367 e. The fourth-order valence-electron chi connectivity index (χ4n) is 2.51. The van der Waals surface area contributed by atoms with E-state index in [1.807, 2.05) is 11.8 Å². The van der Waals surface area contributed by atoms with Crippen molar-refractivity contribution in [2.24, 2.45) is 5.73 Å². The van der Waals surface area contributed by atoms with Gasteiger partial charge in [-0.25, -0.2) is 0 Å². The Balaban J connectivity index is 2.41. The average Bonchev–Trinajstić information content (AvgIpc) is 2.35. The lowest BCUT2D eigenvalue weighted by Crippen LogP contribution is -2.44. The molecule has 0 saturated heterocycles. The highest BCUT2D eigenvalue weighted by Gasteiger charge is 2.44. The van der Waals surface area contributed by atoms with Crippen molar-refractivity contribution in [1.29, 1.82) is 0 Å². The Morgan fingerprint density at radius 1 is 1.39 bits per heavy atom. The fraction of sp³-hybridized carbons (Fsp3) is 0.538. The van der Waals surface area contributed by atoms with Crippen molar-refractivity contribution in [2.75, 3.05) is 18.0 Å². The summed E-state index contributed by atoms with van der Waals surface area (Å²) < 4.78 is 39.0. The molecule has 1 aromatic carbocycles. The van der Waals surface area contributed by atoms with Gasteiger partial charge in [0.1, 0.15) is 0 Å². The van der Waals surface area contributed by atoms with Crippen LogP contribution in [0.1, 0.15) is 24.8 Å². The number of para-hydroxylation sites is 1. The molecule has 0 amide bonds. The largest absolute Gasteiger partial charge is 0.395 e. The molecule has 1 aliphatic heterocycles. The molecule has 100 valence electrons. The SMILES string of the molecule is C[C@@H](CN)N1CC[C@H](C(F)(F)F)c2ccccc21. The summed E-state index contributed by atoms with van der Waals surface area (Å²) in [5.41, 5.74) is 6.66. The molecular weight excluding hydrogens is 241 g/mol.